The molecule has 1 aromatic rings. The number of likely N-dealkylation sites (N-methyl/N-ethyl adjacent to an activating group) is 1. The van der Waals surface area contributed by atoms with Crippen molar-refractivity contribution in [1.82, 2.24) is 15.1 Å². The standard InChI is InChI=1S/C22H35N3O2/c1-3-24-13-15-25(16-14-24)21(18-9-11-20(27-2)12-10-18)17-23-22(26)19-7-5-4-6-8-19/h9-12,19,21H,3-8,13-17H2,1-2H3,(H,23,26). The second-order valence-corrected chi connectivity index (χ2v) is 7.84. The number of ether oxygens (including phenoxy) is 1. The van der Waals surface area contributed by atoms with Crippen LogP contribution in [0.1, 0.15) is 50.6 Å². The molecule has 2 fully saturated rings. The average Bonchev–Trinajstić information content (AvgIpc) is 2.75. The Morgan fingerprint density at radius 3 is 2.37 bits per heavy atom. The van der Waals surface area contributed by atoms with Gasteiger partial charge < -0.3 is 15.0 Å². The summed E-state index contributed by atoms with van der Waals surface area (Å²) in [4.78, 5) is 17.7. The highest BCUT2D eigenvalue weighted by molar-refractivity contribution is 5.78. The van der Waals surface area contributed by atoms with Crippen molar-refractivity contribution < 1.29 is 9.53 Å². The first-order valence-corrected chi connectivity index (χ1v) is 10.6. The average molecular weight is 374 g/mol. The summed E-state index contributed by atoms with van der Waals surface area (Å²) in [5.74, 6) is 1.34. The Bertz CT molecular complexity index is 576. The van der Waals surface area contributed by atoms with Crippen molar-refractivity contribution in [3.05, 3.63) is 29.8 Å². The van der Waals surface area contributed by atoms with E-state index in [0.717, 1.165) is 51.3 Å². The number of benzene rings is 1. The summed E-state index contributed by atoms with van der Waals surface area (Å²) in [7, 11) is 1.70. The van der Waals surface area contributed by atoms with Crippen molar-refractivity contribution in [3.63, 3.8) is 0 Å². The monoisotopic (exact) mass is 373 g/mol. The van der Waals surface area contributed by atoms with Gasteiger partial charge in [0.15, 0.2) is 0 Å². The van der Waals surface area contributed by atoms with Gasteiger partial charge in [0.1, 0.15) is 5.75 Å². The molecule has 1 saturated carbocycles. The van der Waals surface area contributed by atoms with Crippen LogP contribution in [0.5, 0.6) is 5.75 Å². The molecule has 150 valence electrons. The zero-order chi connectivity index (χ0) is 19.1. The fourth-order valence-corrected chi connectivity index (χ4v) is 4.38. The van der Waals surface area contributed by atoms with Crippen molar-refractivity contribution >= 4 is 5.91 Å². The van der Waals surface area contributed by atoms with Crippen LogP contribution < -0.4 is 10.1 Å². The van der Waals surface area contributed by atoms with E-state index in [2.05, 4.69) is 34.2 Å². The van der Waals surface area contributed by atoms with E-state index in [1.807, 2.05) is 12.1 Å². The van der Waals surface area contributed by atoms with E-state index < -0.39 is 0 Å². The van der Waals surface area contributed by atoms with Crippen LogP contribution in [-0.2, 0) is 4.79 Å². The number of methoxy groups -OCH3 is 1. The van der Waals surface area contributed by atoms with Gasteiger partial charge in [-0.2, -0.15) is 0 Å². The lowest BCUT2D eigenvalue weighted by molar-refractivity contribution is -0.126. The molecule has 0 bridgehead atoms. The van der Waals surface area contributed by atoms with Crippen molar-refractivity contribution in [2.24, 2.45) is 5.92 Å². The highest BCUT2D eigenvalue weighted by Crippen LogP contribution is 2.26. The molecule has 5 heteroatoms. The summed E-state index contributed by atoms with van der Waals surface area (Å²) in [6, 6.07) is 8.55. The van der Waals surface area contributed by atoms with Crippen LogP contribution >= 0.6 is 0 Å². The zero-order valence-corrected chi connectivity index (χ0v) is 17.0. The lowest BCUT2D eigenvalue weighted by atomic mass is 9.88. The van der Waals surface area contributed by atoms with Crippen molar-refractivity contribution in [1.29, 1.82) is 0 Å². The van der Waals surface area contributed by atoms with E-state index in [0.29, 0.717) is 6.54 Å². The Hall–Kier alpha value is -1.59. The number of hydrogen-bond donors (Lipinski definition) is 1. The molecule has 1 aromatic carbocycles. The van der Waals surface area contributed by atoms with Crippen LogP contribution in [-0.4, -0.2) is 62.1 Å². The number of piperazine rings is 1. The first kappa shape index (κ1) is 20.2. The van der Waals surface area contributed by atoms with E-state index in [4.69, 9.17) is 4.74 Å². The second kappa shape index (κ2) is 10.1. The number of carbonyl (C=O) groups excluding carboxylic acids is 1. The summed E-state index contributed by atoms with van der Waals surface area (Å²) in [5, 5.41) is 3.28. The molecule has 0 spiro atoms. The van der Waals surface area contributed by atoms with Crippen molar-refractivity contribution in [2.45, 2.75) is 45.1 Å². The smallest absolute Gasteiger partial charge is 0.223 e. The Morgan fingerprint density at radius 1 is 1.11 bits per heavy atom. The normalized spacial score (nSPS) is 21.0. The lowest BCUT2D eigenvalue weighted by Gasteiger charge is -2.39. The largest absolute Gasteiger partial charge is 0.497 e. The molecule has 1 N–H and O–H groups in total. The van der Waals surface area contributed by atoms with Gasteiger partial charge in [0, 0.05) is 38.6 Å². The number of hydrogen-bond acceptors (Lipinski definition) is 4. The van der Waals surface area contributed by atoms with Gasteiger partial charge in [-0.25, -0.2) is 0 Å². The molecule has 1 heterocycles. The lowest BCUT2D eigenvalue weighted by Crippen LogP contribution is -2.50. The minimum Gasteiger partial charge on any atom is -0.497 e. The molecule has 1 aliphatic heterocycles. The van der Waals surface area contributed by atoms with Gasteiger partial charge in [0.05, 0.1) is 13.2 Å². The predicted octanol–water partition coefficient (Wildman–Crippen LogP) is 3.07. The summed E-state index contributed by atoms with van der Waals surface area (Å²) in [5.41, 5.74) is 1.25. The fourth-order valence-electron chi connectivity index (χ4n) is 4.38. The Labute approximate surface area is 164 Å². The zero-order valence-electron chi connectivity index (χ0n) is 17.0. The number of carbonyl (C=O) groups is 1. The van der Waals surface area contributed by atoms with Crippen LogP contribution in [0, 0.1) is 5.92 Å². The minimum atomic E-state index is 0.215. The number of amides is 1. The third-order valence-electron chi connectivity index (χ3n) is 6.24. The van der Waals surface area contributed by atoms with Gasteiger partial charge in [-0.05, 0) is 37.1 Å². The maximum Gasteiger partial charge on any atom is 0.223 e. The summed E-state index contributed by atoms with van der Waals surface area (Å²) in [6.45, 7) is 8.31. The Morgan fingerprint density at radius 2 is 1.78 bits per heavy atom. The molecule has 2 aliphatic rings. The third-order valence-corrected chi connectivity index (χ3v) is 6.24. The maximum absolute atomic E-state index is 12.7. The van der Waals surface area contributed by atoms with E-state index in [9.17, 15) is 4.79 Å². The molecule has 0 radical (unpaired) electrons. The molecule has 1 atom stereocenters. The number of nitrogens with one attached hydrogen (secondary N) is 1. The highest BCUT2D eigenvalue weighted by atomic mass is 16.5. The Balaban J connectivity index is 1.66. The predicted molar refractivity (Wildman–Crippen MR) is 109 cm³/mol. The van der Waals surface area contributed by atoms with Crippen LogP contribution in [0.2, 0.25) is 0 Å². The molecule has 5 nitrogen and oxygen atoms in total. The van der Waals surface area contributed by atoms with Gasteiger partial charge in [0.25, 0.3) is 0 Å². The number of rotatable bonds is 7. The fraction of sp³-hybridized carbons (Fsp3) is 0.682. The van der Waals surface area contributed by atoms with Crippen LogP contribution in [0.15, 0.2) is 24.3 Å². The summed E-state index contributed by atoms with van der Waals surface area (Å²) in [6.07, 6.45) is 5.76. The minimum absolute atomic E-state index is 0.215. The van der Waals surface area contributed by atoms with Crippen molar-refractivity contribution in [3.8, 4) is 5.75 Å². The quantitative estimate of drug-likeness (QED) is 0.798. The molecule has 1 aliphatic carbocycles. The molecule has 1 saturated heterocycles. The summed E-state index contributed by atoms with van der Waals surface area (Å²) < 4.78 is 5.31. The van der Waals surface area contributed by atoms with E-state index in [1.165, 1.54) is 24.8 Å². The molecular weight excluding hydrogens is 338 g/mol. The van der Waals surface area contributed by atoms with Crippen LogP contribution in [0.25, 0.3) is 0 Å². The van der Waals surface area contributed by atoms with Crippen LogP contribution in [0.3, 0.4) is 0 Å². The first-order chi connectivity index (χ1) is 13.2. The van der Waals surface area contributed by atoms with Gasteiger partial charge in [-0.15, -0.1) is 0 Å². The van der Waals surface area contributed by atoms with Crippen molar-refractivity contribution in [2.75, 3.05) is 46.4 Å². The van der Waals surface area contributed by atoms with Gasteiger partial charge >= 0.3 is 0 Å². The molecule has 27 heavy (non-hydrogen) atoms. The van der Waals surface area contributed by atoms with Gasteiger partial charge in [-0.1, -0.05) is 38.3 Å². The van der Waals surface area contributed by atoms with Crippen LogP contribution in [0.4, 0.5) is 0 Å². The van der Waals surface area contributed by atoms with Gasteiger partial charge in [0.2, 0.25) is 5.91 Å². The maximum atomic E-state index is 12.7. The SMILES string of the molecule is CCN1CCN(C(CNC(=O)C2CCCCC2)c2ccc(OC)cc2)CC1. The summed E-state index contributed by atoms with van der Waals surface area (Å²) >= 11 is 0. The molecular formula is C22H35N3O2. The van der Waals surface area contributed by atoms with Gasteiger partial charge in [-0.3, -0.25) is 9.69 Å². The topological polar surface area (TPSA) is 44.8 Å². The Kier molecular flexibility index (Phi) is 7.53. The molecule has 1 amide bonds. The van der Waals surface area contributed by atoms with E-state index in [1.54, 1.807) is 7.11 Å². The molecule has 0 aromatic heterocycles. The number of nitrogens with zero attached hydrogens (tertiary/aromatic N) is 2. The van der Waals surface area contributed by atoms with E-state index >= 15 is 0 Å². The molecule has 1 unspecified atom stereocenters. The highest BCUT2D eigenvalue weighted by Gasteiger charge is 2.27. The first-order valence-electron chi connectivity index (χ1n) is 10.6. The third kappa shape index (κ3) is 5.45. The van der Waals surface area contributed by atoms with E-state index in [-0.39, 0.29) is 17.9 Å². The molecule has 3 rings (SSSR count). The second-order valence-electron chi connectivity index (χ2n) is 7.84.